The Balaban J connectivity index is 1.80. The van der Waals surface area contributed by atoms with Crippen LogP contribution in [-0.4, -0.2) is 22.9 Å². The Morgan fingerprint density at radius 1 is 0.903 bits per heavy atom. The molecule has 0 atom stereocenters. The van der Waals surface area contributed by atoms with Gasteiger partial charge in [0.1, 0.15) is 11.6 Å². The van der Waals surface area contributed by atoms with Crippen molar-refractivity contribution in [1.82, 2.24) is 9.78 Å². The number of nitrogens with zero attached hydrogens (tertiary/aromatic N) is 3. The third kappa shape index (κ3) is 4.29. The zero-order valence-electron chi connectivity index (χ0n) is 16.9. The van der Waals surface area contributed by atoms with Crippen LogP contribution in [0.2, 0.25) is 0 Å². The second-order valence-electron chi connectivity index (χ2n) is 6.82. The number of hydrogen-bond acceptors (Lipinski definition) is 4. The van der Waals surface area contributed by atoms with Crippen molar-refractivity contribution >= 4 is 12.0 Å². The molecule has 0 spiro atoms. The van der Waals surface area contributed by atoms with Crippen LogP contribution in [-0.2, 0) is 9.53 Å². The maximum Gasteiger partial charge on any atom is 0.348 e. The number of rotatable bonds is 5. The van der Waals surface area contributed by atoms with Gasteiger partial charge in [-0.3, -0.25) is 0 Å². The minimum Gasteiger partial charge on any atom is -0.465 e. The maximum atomic E-state index is 11.9. The van der Waals surface area contributed by atoms with E-state index in [4.69, 9.17) is 9.84 Å². The standard InChI is InChI=1S/C26H19N3O2/c1-31-26(30)22(17-27)16-23-18-29(24-10-6-3-7-11-24)28-25(23)21-14-12-20(13-15-21)19-8-4-2-5-9-19/h2-16,18H,1H3. The molecule has 0 radical (unpaired) electrons. The average Bonchev–Trinajstić information content (AvgIpc) is 3.27. The molecule has 0 aliphatic carbocycles. The summed E-state index contributed by atoms with van der Waals surface area (Å²) in [6, 6.07) is 29.7. The van der Waals surface area contributed by atoms with Gasteiger partial charge >= 0.3 is 5.97 Å². The second kappa shape index (κ2) is 8.93. The summed E-state index contributed by atoms with van der Waals surface area (Å²) < 4.78 is 6.45. The predicted octanol–water partition coefficient (Wildman–Crippen LogP) is 5.29. The minimum absolute atomic E-state index is 0.0859. The van der Waals surface area contributed by atoms with Crippen LogP contribution in [0.3, 0.4) is 0 Å². The molecule has 4 rings (SSSR count). The number of esters is 1. The largest absolute Gasteiger partial charge is 0.465 e. The van der Waals surface area contributed by atoms with Crippen LogP contribution in [0.5, 0.6) is 0 Å². The molecule has 0 fully saturated rings. The van der Waals surface area contributed by atoms with Gasteiger partial charge in [0.25, 0.3) is 0 Å². The van der Waals surface area contributed by atoms with E-state index in [1.54, 1.807) is 10.9 Å². The summed E-state index contributed by atoms with van der Waals surface area (Å²) in [5, 5.41) is 14.1. The van der Waals surface area contributed by atoms with Crippen molar-refractivity contribution in [2.75, 3.05) is 7.11 Å². The average molecular weight is 405 g/mol. The van der Waals surface area contributed by atoms with Crippen molar-refractivity contribution < 1.29 is 9.53 Å². The molecule has 3 aromatic carbocycles. The normalized spacial score (nSPS) is 11.0. The van der Waals surface area contributed by atoms with Crippen molar-refractivity contribution in [3.05, 3.63) is 102 Å². The molecule has 0 bridgehead atoms. The van der Waals surface area contributed by atoms with E-state index in [-0.39, 0.29) is 5.57 Å². The highest BCUT2D eigenvalue weighted by Crippen LogP contribution is 2.28. The first kappa shape index (κ1) is 19.9. The van der Waals surface area contributed by atoms with Gasteiger partial charge < -0.3 is 4.74 Å². The van der Waals surface area contributed by atoms with Crippen molar-refractivity contribution in [3.8, 4) is 34.1 Å². The summed E-state index contributed by atoms with van der Waals surface area (Å²) in [5.74, 6) is -0.680. The molecule has 0 saturated carbocycles. The molecular weight excluding hydrogens is 386 g/mol. The quantitative estimate of drug-likeness (QED) is 0.257. The number of nitriles is 1. The summed E-state index contributed by atoms with van der Waals surface area (Å²) in [6.45, 7) is 0. The molecule has 0 saturated heterocycles. The van der Waals surface area contributed by atoms with Gasteiger partial charge in [-0.1, -0.05) is 72.8 Å². The topological polar surface area (TPSA) is 67.9 Å². The lowest BCUT2D eigenvalue weighted by Gasteiger charge is -2.04. The highest BCUT2D eigenvalue weighted by molar-refractivity contribution is 5.98. The third-order valence-electron chi connectivity index (χ3n) is 4.85. The number of aromatic nitrogens is 2. The maximum absolute atomic E-state index is 11.9. The first-order valence-corrected chi connectivity index (χ1v) is 9.70. The van der Waals surface area contributed by atoms with E-state index in [0.29, 0.717) is 11.3 Å². The number of methoxy groups -OCH3 is 1. The molecule has 0 aliphatic heterocycles. The molecule has 0 aliphatic rings. The van der Waals surface area contributed by atoms with E-state index < -0.39 is 5.97 Å². The molecule has 150 valence electrons. The van der Waals surface area contributed by atoms with E-state index in [0.717, 1.165) is 22.4 Å². The Kier molecular flexibility index (Phi) is 5.72. The molecular formula is C26H19N3O2. The molecule has 0 N–H and O–H groups in total. The summed E-state index contributed by atoms with van der Waals surface area (Å²) in [7, 11) is 1.25. The molecule has 5 heteroatoms. The summed E-state index contributed by atoms with van der Waals surface area (Å²) in [5.41, 5.74) is 5.21. The molecule has 4 aromatic rings. The minimum atomic E-state index is -0.680. The number of para-hydroxylation sites is 1. The first-order chi connectivity index (χ1) is 15.2. The first-order valence-electron chi connectivity index (χ1n) is 9.70. The Labute approximate surface area is 180 Å². The fraction of sp³-hybridized carbons (Fsp3) is 0.0385. The van der Waals surface area contributed by atoms with Gasteiger partial charge in [-0.15, -0.1) is 0 Å². The lowest BCUT2D eigenvalue weighted by atomic mass is 10.0. The lowest BCUT2D eigenvalue weighted by Crippen LogP contribution is -2.02. The third-order valence-corrected chi connectivity index (χ3v) is 4.85. The van der Waals surface area contributed by atoms with Gasteiger partial charge in [0.15, 0.2) is 0 Å². The Morgan fingerprint density at radius 3 is 2.10 bits per heavy atom. The van der Waals surface area contributed by atoms with Crippen LogP contribution in [0.1, 0.15) is 5.56 Å². The fourth-order valence-corrected chi connectivity index (χ4v) is 3.28. The van der Waals surface area contributed by atoms with Crippen LogP contribution in [0, 0.1) is 11.3 Å². The Hall–Kier alpha value is -4.43. The van der Waals surface area contributed by atoms with Crippen molar-refractivity contribution in [3.63, 3.8) is 0 Å². The molecule has 31 heavy (non-hydrogen) atoms. The second-order valence-corrected chi connectivity index (χ2v) is 6.82. The number of benzene rings is 3. The van der Waals surface area contributed by atoms with Gasteiger partial charge in [-0.25, -0.2) is 9.48 Å². The monoisotopic (exact) mass is 405 g/mol. The predicted molar refractivity (Wildman–Crippen MR) is 120 cm³/mol. The molecule has 1 aromatic heterocycles. The summed E-state index contributed by atoms with van der Waals surface area (Å²) >= 11 is 0. The zero-order valence-corrected chi connectivity index (χ0v) is 16.9. The summed E-state index contributed by atoms with van der Waals surface area (Å²) in [6.07, 6.45) is 3.31. The number of carbonyl (C=O) groups excluding carboxylic acids is 1. The molecule has 5 nitrogen and oxygen atoms in total. The number of carbonyl (C=O) groups is 1. The van der Waals surface area contributed by atoms with Crippen LogP contribution in [0.15, 0.2) is 96.7 Å². The van der Waals surface area contributed by atoms with Crippen LogP contribution < -0.4 is 0 Å². The van der Waals surface area contributed by atoms with Crippen molar-refractivity contribution in [1.29, 1.82) is 5.26 Å². The summed E-state index contributed by atoms with van der Waals surface area (Å²) in [4.78, 5) is 11.9. The van der Waals surface area contributed by atoms with Crippen LogP contribution >= 0.6 is 0 Å². The van der Waals surface area contributed by atoms with E-state index in [1.165, 1.54) is 13.2 Å². The Bertz CT molecular complexity index is 1270. The van der Waals surface area contributed by atoms with E-state index >= 15 is 0 Å². The van der Waals surface area contributed by atoms with Crippen LogP contribution in [0.4, 0.5) is 0 Å². The van der Waals surface area contributed by atoms with Gasteiger partial charge in [0.05, 0.1) is 18.5 Å². The van der Waals surface area contributed by atoms with E-state index in [9.17, 15) is 10.1 Å². The van der Waals surface area contributed by atoms with Gasteiger partial charge in [0.2, 0.25) is 0 Å². The van der Waals surface area contributed by atoms with E-state index in [1.807, 2.05) is 78.9 Å². The van der Waals surface area contributed by atoms with Crippen molar-refractivity contribution in [2.24, 2.45) is 0 Å². The van der Waals surface area contributed by atoms with Gasteiger partial charge in [-0.2, -0.15) is 10.4 Å². The Morgan fingerprint density at radius 2 is 1.48 bits per heavy atom. The fourth-order valence-electron chi connectivity index (χ4n) is 3.28. The molecule has 1 heterocycles. The SMILES string of the molecule is COC(=O)C(C#N)=Cc1cn(-c2ccccc2)nc1-c1ccc(-c2ccccc2)cc1. The molecule has 0 unspecified atom stereocenters. The zero-order chi connectivity index (χ0) is 21.6. The van der Waals surface area contributed by atoms with Crippen molar-refractivity contribution in [2.45, 2.75) is 0 Å². The number of hydrogen-bond donors (Lipinski definition) is 0. The van der Waals surface area contributed by atoms with E-state index in [2.05, 4.69) is 12.1 Å². The van der Waals surface area contributed by atoms with Gasteiger partial charge in [-0.05, 0) is 29.3 Å². The smallest absolute Gasteiger partial charge is 0.348 e. The molecule has 0 amide bonds. The van der Waals surface area contributed by atoms with Gasteiger partial charge in [0, 0.05) is 17.3 Å². The number of ether oxygens (including phenoxy) is 1. The highest BCUT2D eigenvalue weighted by atomic mass is 16.5. The highest BCUT2D eigenvalue weighted by Gasteiger charge is 2.15. The lowest BCUT2D eigenvalue weighted by molar-refractivity contribution is -0.135. The van der Waals surface area contributed by atoms with Crippen LogP contribution in [0.25, 0.3) is 34.1 Å².